The van der Waals surface area contributed by atoms with Crippen molar-refractivity contribution in [3.05, 3.63) is 16.4 Å². The summed E-state index contributed by atoms with van der Waals surface area (Å²) in [7, 11) is 1.65. The van der Waals surface area contributed by atoms with E-state index in [9.17, 15) is 4.39 Å². The molecule has 5 heteroatoms. The molecule has 0 spiro atoms. The Kier molecular flexibility index (Phi) is 2.69. The van der Waals surface area contributed by atoms with Crippen molar-refractivity contribution >= 4 is 11.6 Å². The van der Waals surface area contributed by atoms with Crippen molar-refractivity contribution in [3.8, 4) is 0 Å². The number of alkyl halides is 1. The van der Waals surface area contributed by atoms with Gasteiger partial charge in [0.2, 0.25) is 0 Å². The normalized spacial score (nSPS) is 13.4. The number of hydrogen-bond acceptors (Lipinski definition) is 2. The van der Waals surface area contributed by atoms with Gasteiger partial charge in [0.25, 0.3) is 0 Å². The zero-order valence-corrected chi connectivity index (χ0v) is 7.77. The molecule has 2 N–H and O–H groups in total. The molecule has 1 rings (SSSR count). The lowest BCUT2D eigenvalue weighted by atomic mass is 10.2. The van der Waals surface area contributed by atoms with Crippen molar-refractivity contribution in [2.24, 2.45) is 12.8 Å². The summed E-state index contributed by atoms with van der Waals surface area (Å²) in [6.45, 7) is 1.66. The second-order valence-corrected chi connectivity index (χ2v) is 2.99. The van der Waals surface area contributed by atoms with Gasteiger partial charge >= 0.3 is 0 Å². The molecule has 0 aromatic carbocycles. The molecule has 0 aliphatic rings. The van der Waals surface area contributed by atoms with E-state index in [-0.39, 0.29) is 6.54 Å². The van der Waals surface area contributed by atoms with Crippen LogP contribution >= 0.6 is 11.6 Å². The molecule has 1 unspecified atom stereocenters. The van der Waals surface area contributed by atoms with Crippen molar-refractivity contribution in [1.29, 1.82) is 0 Å². The summed E-state index contributed by atoms with van der Waals surface area (Å²) in [4.78, 5) is 0. The Morgan fingerprint density at radius 2 is 2.33 bits per heavy atom. The maximum atomic E-state index is 13.1. The van der Waals surface area contributed by atoms with E-state index >= 15 is 0 Å². The van der Waals surface area contributed by atoms with Crippen molar-refractivity contribution in [1.82, 2.24) is 9.78 Å². The smallest absolute Gasteiger partial charge is 0.155 e. The zero-order chi connectivity index (χ0) is 9.30. The highest BCUT2D eigenvalue weighted by atomic mass is 35.5. The Bertz CT molecular complexity index is 284. The Hall–Kier alpha value is -0.610. The largest absolute Gasteiger partial charge is 0.327 e. The second kappa shape index (κ2) is 3.41. The molecule has 1 heterocycles. The molecule has 1 aromatic rings. The Labute approximate surface area is 75.3 Å². The van der Waals surface area contributed by atoms with Gasteiger partial charge in [-0.15, -0.1) is 0 Å². The summed E-state index contributed by atoms with van der Waals surface area (Å²) in [5, 5.41) is 4.34. The Morgan fingerprint density at radius 1 is 1.75 bits per heavy atom. The van der Waals surface area contributed by atoms with Gasteiger partial charge < -0.3 is 5.73 Å². The quantitative estimate of drug-likeness (QED) is 0.767. The molecule has 0 fully saturated rings. The van der Waals surface area contributed by atoms with Gasteiger partial charge in [-0.2, -0.15) is 5.10 Å². The van der Waals surface area contributed by atoms with Gasteiger partial charge in [0, 0.05) is 13.6 Å². The van der Waals surface area contributed by atoms with Crippen molar-refractivity contribution in [2.75, 3.05) is 6.54 Å². The zero-order valence-electron chi connectivity index (χ0n) is 7.01. The molecule has 0 bridgehead atoms. The third-order valence-corrected chi connectivity index (χ3v) is 2.16. The van der Waals surface area contributed by atoms with Crippen LogP contribution in [0.2, 0.25) is 5.02 Å². The van der Waals surface area contributed by atoms with Crippen LogP contribution in [0.3, 0.4) is 0 Å². The Balaban J connectivity index is 3.13. The maximum absolute atomic E-state index is 13.1. The molecule has 3 nitrogen and oxygen atoms in total. The second-order valence-electron chi connectivity index (χ2n) is 2.61. The van der Waals surface area contributed by atoms with Gasteiger partial charge in [-0.05, 0) is 6.92 Å². The number of rotatable bonds is 2. The van der Waals surface area contributed by atoms with E-state index < -0.39 is 6.17 Å². The van der Waals surface area contributed by atoms with Gasteiger partial charge in [-0.1, -0.05) is 11.6 Å². The SMILES string of the molecule is Cc1nn(C)c(C(F)CN)c1Cl. The van der Waals surface area contributed by atoms with Crippen LogP contribution in [0.1, 0.15) is 17.6 Å². The molecule has 1 atom stereocenters. The monoisotopic (exact) mass is 191 g/mol. The summed E-state index contributed by atoms with van der Waals surface area (Å²) in [6.07, 6.45) is -1.23. The van der Waals surface area contributed by atoms with E-state index in [0.717, 1.165) is 0 Å². The Morgan fingerprint density at radius 3 is 2.67 bits per heavy atom. The van der Waals surface area contributed by atoms with E-state index in [1.165, 1.54) is 4.68 Å². The highest BCUT2D eigenvalue weighted by molar-refractivity contribution is 6.31. The van der Waals surface area contributed by atoms with Crippen molar-refractivity contribution in [3.63, 3.8) is 0 Å². The molecule has 12 heavy (non-hydrogen) atoms. The van der Waals surface area contributed by atoms with E-state index in [1.54, 1.807) is 14.0 Å². The standard InChI is InChI=1S/C7H11ClFN3/c1-4-6(8)7(5(9)3-10)12(2)11-4/h5H,3,10H2,1-2H3. The number of nitrogens with zero attached hydrogens (tertiary/aromatic N) is 2. The van der Waals surface area contributed by atoms with E-state index in [1.807, 2.05) is 0 Å². The topological polar surface area (TPSA) is 43.8 Å². The lowest BCUT2D eigenvalue weighted by Gasteiger charge is -2.05. The van der Waals surface area contributed by atoms with Crippen molar-refractivity contribution in [2.45, 2.75) is 13.1 Å². The van der Waals surface area contributed by atoms with Crippen LogP contribution in [0.25, 0.3) is 0 Å². The molecule has 68 valence electrons. The molecule has 0 saturated carbocycles. The van der Waals surface area contributed by atoms with Crippen molar-refractivity contribution < 1.29 is 4.39 Å². The first-order valence-electron chi connectivity index (χ1n) is 3.61. The van der Waals surface area contributed by atoms with Crippen LogP contribution in [0.5, 0.6) is 0 Å². The summed E-state index contributed by atoms with van der Waals surface area (Å²) in [5.41, 5.74) is 6.16. The number of halogens is 2. The first kappa shape index (κ1) is 9.48. The first-order chi connectivity index (χ1) is 5.57. The summed E-state index contributed by atoms with van der Waals surface area (Å²) in [5.74, 6) is 0. The number of nitrogens with two attached hydrogens (primary N) is 1. The lowest BCUT2D eigenvalue weighted by Crippen LogP contribution is -2.11. The van der Waals surface area contributed by atoms with Crippen LogP contribution in [-0.2, 0) is 7.05 Å². The highest BCUT2D eigenvalue weighted by Crippen LogP contribution is 2.26. The number of aromatic nitrogens is 2. The van der Waals surface area contributed by atoms with Crippen LogP contribution in [0.4, 0.5) is 4.39 Å². The molecule has 1 aromatic heterocycles. The summed E-state index contributed by atoms with van der Waals surface area (Å²) >= 11 is 5.81. The first-order valence-corrected chi connectivity index (χ1v) is 3.98. The summed E-state index contributed by atoms with van der Waals surface area (Å²) < 4.78 is 14.6. The third-order valence-electron chi connectivity index (χ3n) is 1.69. The molecule has 0 aliphatic carbocycles. The number of aryl methyl sites for hydroxylation is 2. The predicted octanol–water partition coefficient (Wildman–Crippen LogP) is 1.35. The fraction of sp³-hybridized carbons (Fsp3) is 0.571. The highest BCUT2D eigenvalue weighted by Gasteiger charge is 2.18. The molecule has 0 amide bonds. The lowest BCUT2D eigenvalue weighted by molar-refractivity contribution is 0.334. The van der Waals surface area contributed by atoms with E-state index in [0.29, 0.717) is 16.4 Å². The molecule has 0 saturated heterocycles. The minimum atomic E-state index is -1.23. The van der Waals surface area contributed by atoms with E-state index in [2.05, 4.69) is 5.10 Å². The van der Waals surface area contributed by atoms with Crippen LogP contribution < -0.4 is 5.73 Å². The van der Waals surface area contributed by atoms with Crippen LogP contribution in [-0.4, -0.2) is 16.3 Å². The van der Waals surface area contributed by atoms with Gasteiger partial charge in [-0.25, -0.2) is 4.39 Å². The molecule has 0 aliphatic heterocycles. The molecular weight excluding hydrogens is 181 g/mol. The van der Waals surface area contributed by atoms with Gasteiger partial charge in [0.15, 0.2) is 6.17 Å². The van der Waals surface area contributed by atoms with E-state index in [4.69, 9.17) is 17.3 Å². The minimum Gasteiger partial charge on any atom is -0.327 e. The summed E-state index contributed by atoms with van der Waals surface area (Å²) in [6, 6.07) is 0. The molecular formula is C7H11ClFN3. The fourth-order valence-electron chi connectivity index (χ4n) is 1.10. The fourth-order valence-corrected chi connectivity index (χ4v) is 1.38. The van der Waals surface area contributed by atoms with Gasteiger partial charge in [-0.3, -0.25) is 4.68 Å². The minimum absolute atomic E-state index is 0.0707. The molecule has 0 radical (unpaired) electrons. The van der Waals surface area contributed by atoms with Gasteiger partial charge in [0.1, 0.15) is 0 Å². The van der Waals surface area contributed by atoms with Gasteiger partial charge in [0.05, 0.1) is 16.4 Å². The van der Waals surface area contributed by atoms with Crippen LogP contribution in [0, 0.1) is 6.92 Å². The predicted molar refractivity (Wildman–Crippen MR) is 45.9 cm³/mol. The van der Waals surface area contributed by atoms with Crippen LogP contribution in [0.15, 0.2) is 0 Å². The third kappa shape index (κ3) is 1.44. The average molecular weight is 192 g/mol. The maximum Gasteiger partial charge on any atom is 0.155 e. The number of hydrogen-bond donors (Lipinski definition) is 1. The average Bonchev–Trinajstić information content (AvgIpc) is 2.26.